The molecule has 2 heteroatoms. The highest BCUT2D eigenvalue weighted by molar-refractivity contribution is 9.10. The molecule has 0 N–H and O–H groups in total. The van der Waals surface area contributed by atoms with Crippen LogP contribution in [-0.2, 0) is 6.42 Å². The minimum atomic E-state index is 0.122. The van der Waals surface area contributed by atoms with Gasteiger partial charge >= 0.3 is 0 Å². The molecule has 0 unspecified atom stereocenters. The van der Waals surface area contributed by atoms with Crippen molar-refractivity contribution in [2.75, 3.05) is 0 Å². The van der Waals surface area contributed by atoms with Crippen LogP contribution in [0.15, 0.2) is 28.8 Å². The second-order valence-electron chi connectivity index (χ2n) is 3.23. The number of aryl methyl sites for hydroxylation is 1. The summed E-state index contributed by atoms with van der Waals surface area (Å²) in [5.74, 6) is 0.122. The SMILES string of the molecule is Cc1cc2c(cc1Br)CC=CC2=O. The minimum absolute atomic E-state index is 0.122. The van der Waals surface area contributed by atoms with Gasteiger partial charge in [0.1, 0.15) is 0 Å². The Balaban J connectivity index is 2.63. The Morgan fingerprint density at radius 2 is 2.15 bits per heavy atom. The average molecular weight is 237 g/mol. The largest absolute Gasteiger partial charge is 0.289 e. The number of hydrogen-bond donors (Lipinski definition) is 0. The molecule has 1 aromatic rings. The smallest absolute Gasteiger partial charge is 0.185 e. The third kappa shape index (κ3) is 1.46. The fourth-order valence-electron chi connectivity index (χ4n) is 1.50. The maximum atomic E-state index is 11.4. The second-order valence-corrected chi connectivity index (χ2v) is 4.08. The molecular weight excluding hydrogens is 228 g/mol. The Morgan fingerprint density at radius 1 is 1.38 bits per heavy atom. The second kappa shape index (κ2) is 3.11. The van der Waals surface area contributed by atoms with Crippen molar-refractivity contribution in [1.29, 1.82) is 0 Å². The molecule has 0 heterocycles. The minimum Gasteiger partial charge on any atom is -0.289 e. The van der Waals surface area contributed by atoms with Gasteiger partial charge in [-0.3, -0.25) is 4.79 Å². The number of ketones is 1. The fraction of sp³-hybridized carbons (Fsp3) is 0.182. The molecule has 66 valence electrons. The lowest BCUT2D eigenvalue weighted by Gasteiger charge is -2.11. The Morgan fingerprint density at radius 3 is 2.92 bits per heavy atom. The van der Waals surface area contributed by atoms with Gasteiger partial charge in [0.15, 0.2) is 5.78 Å². The predicted octanol–water partition coefficient (Wildman–Crippen LogP) is 3.05. The molecular formula is C11H9BrO. The summed E-state index contributed by atoms with van der Waals surface area (Å²) in [6.07, 6.45) is 4.42. The highest BCUT2D eigenvalue weighted by atomic mass is 79.9. The molecule has 1 nitrogen and oxygen atoms in total. The Hall–Kier alpha value is -0.890. The van der Waals surface area contributed by atoms with Crippen molar-refractivity contribution in [1.82, 2.24) is 0 Å². The molecule has 13 heavy (non-hydrogen) atoms. The van der Waals surface area contributed by atoms with Crippen LogP contribution in [-0.4, -0.2) is 5.78 Å². The fourth-order valence-corrected chi connectivity index (χ4v) is 1.89. The molecule has 0 saturated heterocycles. The standard InChI is InChI=1S/C11H9BrO/c1-7-5-9-8(6-10(7)12)3-2-4-11(9)13/h2,4-6H,3H2,1H3. The number of benzene rings is 1. The van der Waals surface area contributed by atoms with Crippen molar-refractivity contribution >= 4 is 21.7 Å². The van der Waals surface area contributed by atoms with Gasteiger partial charge < -0.3 is 0 Å². The van der Waals surface area contributed by atoms with E-state index >= 15 is 0 Å². The molecule has 0 radical (unpaired) electrons. The molecule has 1 aromatic carbocycles. The van der Waals surface area contributed by atoms with Gasteiger partial charge in [0.25, 0.3) is 0 Å². The van der Waals surface area contributed by atoms with Gasteiger partial charge in [0, 0.05) is 10.0 Å². The van der Waals surface area contributed by atoms with Crippen molar-refractivity contribution in [2.45, 2.75) is 13.3 Å². The zero-order chi connectivity index (χ0) is 9.42. The van der Waals surface area contributed by atoms with E-state index in [1.165, 1.54) is 0 Å². The van der Waals surface area contributed by atoms with Crippen LogP contribution < -0.4 is 0 Å². The molecule has 1 aliphatic rings. The maximum Gasteiger partial charge on any atom is 0.185 e. The van der Waals surface area contributed by atoms with Gasteiger partial charge in [0.05, 0.1) is 0 Å². The molecule has 0 bridgehead atoms. The van der Waals surface area contributed by atoms with E-state index in [2.05, 4.69) is 15.9 Å². The van der Waals surface area contributed by atoms with Crippen molar-refractivity contribution < 1.29 is 4.79 Å². The quantitative estimate of drug-likeness (QED) is 0.677. The number of carbonyl (C=O) groups is 1. The van der Waals surface area contributed by atoms with E-state index < -0.39 is 0 Å². The van der Waals surface area contributed by atoms with E-state index in [1.807, 2.05) is 25.1 Å². The maximum absolute atomic E-state index is 11.4. The Bertz CT molecular complexity index is 405. The first kappa shape index (κ1) is 8.70. The van der Waals surface area contributed by atoms with Crippen molar-refractivity contribution in [3.05, 3.63) is 45.4 Å². The summed E-state index contributed by atoms with van der Waals surface area (Å²) >= 11 is 3.46. The third-order valence-corrected chi connectivity index (χ3v) is 3.11. The van der Waals surface area contributed by atoms with Crippen molar-refractivity contribution in [2.24, 2.45) is 0 Å². The number of carbonyl (C=O) groups excluding carboxylic acids is 1. The van der Waals surface area contributed by atoms with Crippen LogP contribution in [0.2, 0.25) is 0 Å². The van der Waals surface area contributed by atoms with E-state index in [9.17, 15) is 4.79 Å². The first-order chi connectivity index (χ1) is 6.18. The third-order valence-electron chi connectivity index (χ3n) is 2.26. The molecule has 0 fully saturated rings. The van der Waals surface area contributed by atoms with Gasteiger partial charge in [-0.15, -0.1) is 0 Å². The lowest BCUT2D eigenvalue weighted by molar-refractivity contribution is 0.104. The van der Waals surface area contributed by atoms with Crippen LogP contribution in [0.3, 0.4) is 0 Å². The first-order valence-electron chi connectivity index (χ1n) is 4.18. The first-order valence-corrected chi connectivity index (χ1v) is 4.97. The summed E-state index contributed by atoms with van der Waals surface area (Å²) in [4.78, 5) is 11.4. The zero-order valence-corrected chi connectivity index (χ0v) is 8.89. The average Bonchev–Trinajstić information content (AvgIpc) is 2.09. The molecule has 0 spiro atoms. The lowest BCUT2D eigenvalue weighted by Crippen LogP contribution is -2.05. The summed E-state index contributed by atoms with van der Waals surface area (Å²) in [7, 11) is 0. The van der Waals surface area contributed by atoms with Crippen LogP contribution in [0.25, 0.3) is 0 Å². The lowest BCUT2D eigenvalue weighted by atomic mass is 9.94. The van der Waals surface area contributed by atoms with Crippen LogP contribution in [0.4, 0.5) is 0 Å². The van der Waals surface area contributed by atoms with E-state index in [0.29, 0.717) is 0 Å². The molecule has 0 atom stereocenters. The number of allylic oxidation sites excluding steroid dienone is 2. The van der Waals surface area contributed by atoms with Crippen molar-refractivity contribution in [3.63, 3.8) is 0 Å². The summed E-state index contributed by atoms with van der Waals surface area (Å²) in [6, 6.07) is 3.98. The van der Waals surface area contributed by atoms with Gasteiger partial charge in [-0.25, -0.2) is 0 Å². The molecule has 0 amide bonds. The van der Waals surface area contributed by atoms with Crippen LogP contribution in [0.1, 0.15) is 21.5 Å². The monoisotopic (exact) mass is 236 g/mol. The summed E-state index contributed by atoms with van der Waals surface area (Å²) in [5.41, 5.74) is 3.08. The predicted molar refractivity (Wildman–Crippen MR) is 56.1 cm³/mol. The number of halogens is 1. The van der Waals surface area contributed by atoms with Crippen LogP contribution in [0.5, 0.6) is 0 Å². The van der Waals surface area contributed by atoms with Crippen molar-refractivity contribution in [3.8, 4) is 0 Å². The number of rotatable bonds is 0. The van der Waals surface area contributed by atoms with Gasteiger partial charge in [-0.1, -0.05) is 22.0 Å². The number of fused-ring (bicyclic) bond motifs is 1. The van der Waals surface area contributed by atoms with Gasteiger partial charge in [0.2, 0.25) is 0 Å². The Labute approximate surface area is 85.6 Å². The normalized spacial score (nSPS) is 14.5. The molecule has 0 aromatic heterocycles. The zero-order valence-electron chi connectivity index (χ0n) is 7.30. The summed E-state index contributed by atoms with van der Waals surface area (Å²) in [5, 5.41) is 0. The van der Waals surface area contributed by atoms with E-state index in [0.717, 1.165) is 27.6 Å². The van der Waals surface area contributed by atoms with Crippen LogP contribution >= 0.6 is 15.9 Å². The number of hydrogen-bond acceptors (Lipinski definition) is 1. The Kier molecular flexibility index (Phi) is 2.08. The summed E-state index contributed by atoms with van der Waals surface area (Å²) < 4.78 is 1.08. The van der Waals surface area contributed by atoms with Gasteiger partial charge in [-0.2, -0.15) is 0 Å². The van der Waals surface area contributed by atoms with Crippen LogP contribution in [0, 0.1) is 6.92 Å². The van der Waals surface area contributed by atoms with E-state index in [1.54, 1.807) is 6.08 Å². The molecule has 2 rings (SSSR count). The van der Waals surface area contributed by atoms with E-state index in [4.69, 9.17) is 0 Å². The van der Waals surface area contributed by atoms with E-state index in [-0.39, 0.29) is 5.78 Å². The molecule has 1 aliphatic carbocycles. The summed E-state index contributed by atoms with van der Waals surface area (Å²) in [6.45, 7) is 2.00. The topological polar surface area (TPSA) is 17.1 Å². The highest BCUT2D eigenvalue weighted by Gasteiger charge is 2.13. The molecule has 0 saturated carbocycles. The molecule has 0 aliphatic heterocycles. The highest BCUT2D eigenvalue weighted by Crippen LogP contribution is 2.24. The van der Waals surface area contributed by atoms with Gasteiger partial charge in [-0.05, 0) is 42.7 Å².